The molecule has 2 heterocycles. The molecular weight excluding hydrogens is 248 g/mol. The number of carboxylic acids is 1. The van der Waals surface area contributed by atoms with E-state index in [2.05, 4.69) is 20.9 Å². The van der Waals surface area contributed by atoms with Crippen LogP contribution in [0.25, 0.3) is 5.52 Å². The molecule has 0 atom stereocenters. The van der Waals surface area contributed by atoms with Gasteiger partial charge in [-0.2, -0.15) is 0 Å². The molecule has 0 aliphatic carbocycles. The first-order valence-electron chi connectivity index (χ1n) is 3.96. The van der Waals surface area contributed by atoms with E-state index in [4.69, 9.17) is 5.11 Å². The topological polar surface area (TPSA) is 54.6 Å². The van der Waals surface area contributed by atoms with Crippen molar-refractivity contribution in [3.05, 3.63) is 34.3 Å². The van der Waals surface area contributed by atoms with E-state index in [1.807, 2.05) is 13.0 Å². The fraction of sp³-hybridized carbons (Fsp3) is 0.111. The van der Waals surface area contributed by atoms with E-state index >= 15 is 0 Å². The average Bonchev–Trinajstić information content (AvgIpc) is 2.48. The van der Waals surface area contributed by atoms with Crippen molar-refractivity contribution in [1.29, 1.82) is 0 Å². The maximum atomic E-state index is 10.8. The molecule has 0 unspecified atom stereocenters. The molecule has 0 aliphatic rings. The third-order valence-corrected chi connectivity index (χ3v) is 2.83. The van der Waals surface area contributed by atoms with Crippen LogP contribution in [-0.4, -0.2) is 20.5 Å². The lowest BCUT2D eigenvalue weighted by Crippen LogP contribution is -2.03. The number of carbonyl (C=O) groups is 1. The number of halogens is 1. The number of carboxylic acid groups (broad SMARTS) is 1. The molecule has 0 spiro atoms. The van der Waals surface area contributed by atoms with Crippen molar-refractivity contribution < 1.29 is 9.90 Å². The summed E-state index contributed by atoms with van der Waals surface area (Å²) >= 11 is 3.34. The minimum absolute atomic E-state index is 0.0284. The van der Waals surface area contributed by atoms with Crippen LogP contribution >= 0.6 is 15.9 Å². The predicted octanol–water partition coefficient (Wildman–Crippen LogP) is 2.10. The van der Waals surface area contributed by atoms with E-state index in [9.17, 15) is 4.79 Å². The smallest absolute Gasteiger partial charge is 0.372 e. The number of aryl methyl sites for hydroxylation is 1. The minimum atomic E-state index is -1.03. The second-order valence-corrected chi connectivity index (χ2v) is 3.84. The van der Waals surface area contributed by atoms with Gasteiger partial charge in [0.05, 0.1) is 11.7 Å². The fourth-order valence-corrected chi connectivity index (χ4v) is 1.60. The molecule has 2 aromatic rings. The van der Waals surface area contributed by atoms with E-state index in [1.165, 1.54) is 0 Å². The number of aromatic nitrogens is 2. The van der Waals surface area contributed by atoms with Crippen LogP contribution in [0, 0.1) is 6.92 Å². The van der Waals surface area contributed by atoms with E-state index in [0.717, 1.165) is 15.6 Å². The second kappa shape index (κ2) is 3.09. The highest BCUT2D eigenvalue weighted by atomic mass is 79.9. The summed E-state index contributed by atoms with van der Waals surface area (Å²) < 4.78 is 2.41. The van der Waals surface area contributed by atoms with Crippen LogP contribution in [0.3, 0.4) is 0 Å². The SMILES string of the molecule is Cc1cc2cnc(C(=O)O)n2cc1Br. The molecule has 0 radical (unpaired) electrons. The number of fused-ring (bicyclic) bond motifs is 1. The largest absolute Gasteiger partial charge is 0.475 e. The Balaban J connectivity index is 2.80. The summed E-state index contributed by atoms with van der Waals surface area (Å²) in [5, 5.41) is 8.83. The summed E-state index contributed by atoms with van der Waals surface area (Å²) in [6.45, 7) is 1.94. The molecule has 1 N–H and O–H groups in total. The molecule has 72 valence electrons. The van der Waals surface area contributed by atoms with Gasteiger partial charge in [-0.05, 0) is 34.5 Å². The fourth-order valence-electron chi connectivity index (χ4n) is 1.28. The van der Waals surface area contributed by atoms with Gasteiger partial charge in [-0.15, -0.1) is 0 Å². The third kappa shape index (κ3) is 1.29. The number of hydrogen-bond donors (Lipinski definition) is 1. The first-order chi connectivity index (χ1) is 6.59. The van der Waals surface area contributed by atoms with E-state index in [-0.39, 0.29) is 5.82 Å². The van der Waals surface area contributed by atoms with Crippen molar-refractivity contribution in [2.24, 2.45) is 0 Å². The number of imidazole rings is 1. The first-order valence-corrected chi connectivity index (χ1v) is 4.75. The van der Waals surface area contributed by atoms with Gasteiger partial charge < -0.3 is 5.11 Å². The molecule has 0 saturated heterocycles. The highest BCUT2D eigenvalue weighted by Crippen LogP contribution is 2.19. The standard InChI is InChI=1S/C9H7BrN2O2/c1-5-2-6-3-11-8(9(13)14)12(6)4-7(5)10/h2-4H,1H3,(H,13,14). The van der Waals surface area contributed by atoms with Crippen LogP contribution in [0.5, 0.6) is 0 Å². The Morgan fingerprint density at radius 2 is 2.36 bits per heavy atom. The summed E-state index contributed by atoms with van der Waals surface area (Å²) in [6, 6.07) is 1.88. The van der Waals surface area contributed by atoms with Crippen LogP contribution in [-0.2, 0) is 0 Å². The molecule has 4 nitrogen and oxygen atoms in total. The lowest BCUT2D eigenvalue weighted by atomic mass is 10.3. The van der Waals surface area contributed by atoms with Crippen LogP contribution in [0.15, 0.2) is 22.9 Å². The number of pyridine rings is 1. The zero-order valence-corrected chi connectivity index (χ0v) is 8.95. The van der Waals surface area contributed by atoms with Crippen molar-refractivity contribution in [3.63, 3.8) is 0 Å². The Kier molecular flexibility index (Phi) is 2.03. The summed E-state index contributed by atoms with van der Waals surface area (Å²) in [5.41, 5.74) is 1.83. The van der Waals surface area contributed by atoms with Crippen LogP contribution < -0.4 is 0 Å². The zero-order valence-electron chi connectivity index (χ0n) is 7.36. The highest BCUT2D eigenvalue weighted by Gasteiger charge is 2.11. The van der Waals surface area contributed by atoms with Gasteiger partial charge >= 0.3 is 5.97 Å². The maximum absolute atomic E-state index is 10.8. The summed E-state index contributed by atoms with van der Waals surface area (Å²) in [4.78, 5) is 14.6. The predicted molar refractivity (Wildman–Crippen MR) is 54.6 cm³/mol. The van der Waals surface area contributed by atoms with Crippen molar-refractivity contribution in [3.8, 4) is 0 Å². The third-order valence-electron chi connectivity index (χ3n) is 2.00. The quantitative estimate of drug-likeness (QED) is 0.848. The minimum Gasteiger partial charge on any atom is -0.475 e. The van der Waals surface area contributed by atoms with Crippen molar-refractivity contribution in [1.82, 2.24) is 9.38 Å². The Hall–Kier alpha value is -1.36. The normalized spacial score (nSPS) is 10.7. The zero-order chi connectivity index (χ0) is 10.3. The lowest BCUT2D eigenvalue weighted by molar-refractivity contribution is 0.0683. The van der Waals surface area contributed by atoms with Gasteiger partial charge in [0, 0.05) is 10.7 Å². The summed E-state index contributed by atoms with van der Waals surface area (Å²) in [7, 11) is 0. The molecule has 14 heavy (non-hydrogen) atoms. The molecule has 5 heteroatoms. The van der Waals surface area contributed by atoms with Gasteiger partial charge in [0.15, 0.2) is 0 Å². The van der Waals surface area contributed by atoms with Crippen LogP contribution in [0.4, 0.5) is 0 Å². The van der Waals surface area contributed by atoms with Crippen molar-refractivity contribution >= 4 is 27.4 Å². The van der Waals surface area contributed by atoms with Gasteiger partial charge in [-0.25, -0.2) is 9.78 Å². The monoisotopic (exact) mass is 254 g/mol. The molecule has 0 aliphatic heterocycles. The Morgan fingerprint density at radius 1 is 1.64 bits per heavy atom. The summed E-state index contributed by atoms with van der Waals surface area (Å²) in [6.07, 6.45) is 3.25. The van der Waals surface area contributed by atoms with Crippen LogP contribution in [0.2, 0.25) is 0 Å². The van der Waals surface area contributed by atoms with E-state index in [0.29, 0.717) is 0 Å². The van der Waals surface area contributed by atoms with Crippen molar-refractivity contribution in [2.75, 3.05) is 0 Å². The maximum Gasteiger partial charge on any atom is 0.372 e. The molecule has 2 aromatic heterocycles. The van der Waals surface area contributed by atoms with Gasteiger partial charge in [-0.3, -0.25) is 4.40 Å². The van der Waals surface area contributed by atoms with Crippen LogP contribution in [0.1, 0.15) is 16.2 Å². The molecule has 0 amide bonds. The summed E-state index contributed by atoms with van der Waals surface area (Å²) in [5.74, 6) is -0.999. The Labute approximate surface area is 88.3 Å². The van der Waals surface area contributed by atoms with E-state index in [1.54, 1.807) is 16.8 Å². The molecule has 0 aromatic carbocycles. The van der Waals surface area contributed by atoms with Gasteiger partial charge in [0.2, 0.25) is 5.82 Å². The van der Waals surface area contributed by atoms with Gasteiger partial charge in [0.25, 0.3) is 0 Å². The number of aromatic carboxylic acids is 1. The molecular formula is C9H7BrN2O2. The Morgan fingerprint density at radius 3 is 3.00 bits per heavy atom. The highest BCUT2D eigenvalue weighted by molar-refractivity contribution is 9.10. The molecule has 0 saturated carbocycles. The average molecular weight is 255 g/mol. The Bertz CT molecular complexity index is 519. The first kappa shape index (κ1) is 9.21. The van der Waals surface area contributed by atoms with Crippen molar-refractivity contribution in [2.45, 2.75) is 6.92 Å². The number of rotatable bonds is 1. The number of hydrogen-bond acceptors (Lipinski definition) is 2. The molecule has 2 rings (SSSR count). The number of nitrogens with zero attached hydrogens (tertiary/aromatic N) is 2. The van der Waals surface area contributed by atoms with E-state index < -0.39 is 5.97 Å². The van der Waals surface area contributed by atoms with Gasteiger partial charge in [-0.1, -0.05) is 0 Å². The molecule has 0 bridgehead atoms. The second-order valence-electron chi connectivity index (χ2n) is 2.99. The van der Waals surface area contributed by atoms with Gasteiger partial charge in [0.1, 0.15) is 0 Å². The lowest BCUT2D eigenvalue weighted by Gasteiger charge is -2.00. The molecule has 0 fully saturated rings.